The smallest absolute Gasteiger partial charge is 0.338 e. The lowest BCUT2D eigenvalue weighted by molar-refractivity contribution is -0.125. The van der Waals surface area contributed by atoms with Gasteiger partial charge in [-0.05, 0) is 45.7 Å². The topological polar surface area (TPSA) is 43.4 Å². The number of Topliss-reactive ketones (excluding diaryl/α,β-unsaturated/α-hetero) is 1. The minimum Gasteiger partial charge on any atom is -0.456 e. The van der Waals surface area contributed by atoms with Crippen LogP contribution in [0.3, 0.4) is 0 Å². The van der Waals surface area contributed by atoms with Gasteiger partial charge in [-0.1, -0.05) is 17.7 Å². The van der Waals surface area contributed by atoms with E-state index >= 15 is 0 Å². The summed E-state index contributed by atoms with van der Waals surface area (Å²) in [6.45, 7) is 5.79. The fraction of sp³-hybridized carbons (Fsp3) is 0.529. The highest BCUT2D eigenvalue weighted by Gasteiger charge is 2.36. The van der Waals surface area contributed by atoms with Gasteiger partial charge in [0.1, 0.15) is 11.4 Å². The summed E-state index contributed by atoms with van der Waals surface area (Å²) in [6.07, 6.45) is 3.03. The highest BCUT2D eigenvalue weighted by molar-refractivity contribution is 5.89. The van der Waals surface area contributed by atoms with Crippen LogP contribution in [0.25, 0.3) is 0 Å². The lowest BCUT2D eigenvalue weighted by atomic mass is 9.78. The lowest BCUT2D eigenvalue weighted by Gasteiger charge is -2.35. The van der Waals surface area contributed by atoms with Crippen LogP contribution < -0.4 is 0 Å². The molecule has 108 valence electrons. The molecular formula is C17H22O3. The largest absolute Gasteiger partial charge is 0.456 e. The first-order chi connectivity index (χ1) is 9.38. The average Bonchev–Trinajstić information content (AvgIpc) is 2.39. The van der Waals surface area contributed by atoms with Crippen molar-refractivity contribution < 1.29 is 14.3 Å². The third-order valence-electron chi connectivity index (χ3n) is 4.11. The molecule has 1 aromatic carbocycles. The molecule has 0 saturated heterocycles. The van der Waals surface area contributed by atoms with Crippen molar-refractivity contribution in [3.05, 3.63) is 35.4 Å². The second-order valence-corrected chi connectivity index (χ2v) is 6.19. The van der Waals surface area contributed by atoms with Crippen molar-refractivity contribution in [2.45, 2.75) is 52.1 Å². The highest BCUT2D eigenvalue weighted by atomic mass is 16.6. The Morgan fingerprint density at radius 1 is 1.25 bits per heavy atom. The standard InChI is InChI=1S/C17H22O3/c1-12-7-9-13(10-8-12)16(19)20-17(2,3)14-5-4-6-15(18)11-14/h7-10,14H,4-6,11H2,1-3H3/t14-/m0/s1. The van der Waals surface area contributed by atoms with Crippen LogP contribution >= 0.6 is 0 Å². The Balaban J connectivity index is 2.05. The highest BCUT2D eigenvalue weighted by Crippen LogP contribution is 2.33. The van der Waals surface area contributed by atoms with Gasteiger partial charge in [0.2, 0.25) is 0 Å². The van der Waals surface area contributed by atoms with E-state index in [-0.39, 0.29) is 17.7 Å². The molecule has 0 unspecified atom stereocenters. The Hall–Kier alpha value is -1.64. The van der Waals surface area contributed by atoms with E-state index in [9.17, 15) is 9.59 Å². The molecule has 3 heteroatoms. The molecule has 3 nitrogen and oxygen atoms in total. The van der Waals surface area contributed by atoms with Gasteiger partial charge in [-0.25, -0.2) is 4.79 Å². The van der Waals surface area contributed by atoms with E-state index in [0.29, 0.717) is 18.4 Å². The maximum atomic E-state index is 12.2. The zero-order valence-electron chi connectivity index (χ0n) is 12.4. The number of ether oxygens (including phenoxy) is 1. The van der Waals surface area contributed by atoms with Gasteiger partial charge in [-0.3, -0.25) is 4.79 Å². The number of aryl methyl sites for hydroxylation is 1. The number of hydrogen-bond donors (Lipinski definition) is 0. The van der Waals surface area contributed by atoms with Crippen molar-refractivity contribution in [3.63, 3.8) is 0 Å². The summed E-state index contributed by atoms with van der Waals surface area (Å²) in [7, 11) is 0. The van der Waals surface area contributed by atoms with E-state index in [0.717, 1.165) is 18.4 Å². The molecule has 0 N–H and O–H groups in total. The van der Waals surface area contributed by atoms with Crippen LogP contribution in [-0.4, -0.2) is 17.4 Å². The molecule has 1 fully saturated rings. The summed E-state index contributed by atoms with van der Waals surface area (Å²) >= 11 is 0. The van der Waals surface area contributed by atoms with Gasteiger partial charge < -0.3 is 4.74 Å². The fourth-order valence-electron chi connectivity index (χ4n) is 2.69. The van der Waals surface area contributed by atoms with E-state index in [2.05, 4.69) is 0 Å². The molecule has 1 atom stereocenters. The maximum Gasteiger partial charge on any atom is 0.338 e. The molecule has 2 rings (SSSR count). The van der Waals surface area contributed by atoms with E-state index < -0.39 is 5.60 Å². The van der Waals surface area contributed by atoms with Crippen molar-refractivity contribution in [2.75, 3.05) is 0 Å². The second kappa shape index (κ2) is 5.78. The summed E-state index contributed by atoms with van der Waals surface area (Å²) in [5.74, 6) is 0.0897. The molecule has 0 amide bonds. The van der Waals surface area contributed by atoms with Gasteiger partial charge in [0, 0.05) is 18.8 Å². The maximum absolute atomic E-state index is 12.2. The van der Waals surface area contributed by atoms with Gasteiger partial charge in [0.25, 0.3) is 0 Å². The lowest BCUT2D eigenvalue weighted by Crippen LogP contribution is -2.39. The predicted octanol–water partition coefficient (Wildman–Crippen LogP) is 3.69. The van der Waals surface area contributed by atoms with Gasteiger partial charge in [-0.2, -0.15) is 0 Å². The molecule has 0 heterocycles. The fourth-order valence-corrected chi connectivity index (χ4v) is 2.69. The Kier molecular flexibility index (Phi) is 4.26. The normalized spacial score (nSPS) is 19.8. The third kappa shape index (κ3) is 3.47. The monoisotopic (exact) mass is 274 g/mol. The van der Waals surface area contributed by atoms with Crippen LogP contribution in [0.4, 0.5) is 0 Å². The Morgan fingerprint density at radius 3 is 2.50 bits per heavy atom. The molecular weight excluding hydrogens is 252 g/mol. The summed E-state index contributed by atoms with van der Waals surface area (Å²) in [6, 6.07) is 7.35. The van der Waals surface area contributed by atoms with E-state index in [4.69, 9.17) is 4.74 Å². The van der Waals surface area contributed by atoms with Crippen molar-refractivity contribution in [2.24, 2.45) is 5.92 Å². The molecule has 1 aliphatic carbocycles. The van der Waals surface area contributed by atoms with E-state index in [1.54, 1.807) is 12.1 Å². The number of esters is 1. The van der Waals surface area contributed by atoms with Gasteiger partial charge >= 0.3 is 5.97 Å². The summed E-state index contributed by atoms with van der Waals surface area (Å²) in [4.78, 5) is 23.8. The zero-order chi connectivity index (χ0) is 14.8. The summed E-state index contributed by atoms with van der Waals surface area (Å²) in [5, 5.41) is 0. The Bertz CT molecular complexity index is 499. The van der Waals surface area contributed by atoms with Crippen molar-refractivity contribution in [1.29, 1.82) is 0 Å². The molecule has 1 aliphatic rings. The molecule has 20 heavy (non-hydrogen) atoms. The molecule has 0 bridgehead atoms. The third-order valence-corrected chi connectivity index (χ3v) is 4.11. The van der Waals surface area contributed by atoms with Gasteiger partial charge in [0.05, 0.1) is 5.56 Å². The number of hydrogen-bond acceptors (Lipinski definition) is 3. The number of benzene rings is 1. The van der Waals surface area contributed by atoms with Crippen LogP contribution in [0, 0.1) is 12.8 Å². The number of rotatable bonds is 3. The number of carbonyl (C=O) groups is 2. The summed E-state index contributed by atoms with van der Waals surface area (Å²) in [5.41, 5.74) is 1.07. The van der Waals surface area contributed by atoms with Crippen LogP contribution in [0.1, 0.15) is 55.5 Å². The molecule has 0 spiro atoms. The first-order valence-electron chi connectivity index (χ1n) is 7.20. The van der Waals surface area contributed by atoms with Crippen molar-refractivity contribution >= 4 is 11.8 Å². The zero-order valence-corrected chi connectivity index (χ0v) is 12.4. The van der Waals surface area contributed by atoms with Crippen LogP contribution in [0.5, 0.6) is 0 Å². The second-order valence-electron chi connectivity index (χ2n) is 6.19. The molecule has 0 radical (unpaired) electrons. The number of carbonyl (C=O) groups excluding carboxylic acids is 2. The molecule has 1 saturated carbocycles. The quantitative estimate of drug-likeness (QED) is 0.789. The van der Waals surface area contributed by atoms with Crippen LogP contribution in [0.2, 0.25) is 0 Å². The van der Waals surface area contributed by atoms with Crippen molar-refractivity contribution in [1.82, 2.24) is 0 Å². The average molecular weight is 274 g/mol. The van der Waals surface area contributed by atoms with E-state index in [1.807, 2.05) is 32.9 Å². The number of ketones is 1. The van der Waals surface area contributed by atoms with Gasteiger partial charge in [0.15, 0.2) is 0 Å². The predicted molar refractivity (Wildman–Crippen MR) is 77.6 cm³/mol. The van der Waals surface area contributed by atoms with Crippen molar-refractivity contribution in [3.8, 4) is 0 Å². The molecule has 1 aromatic rings. The minimum absolute atomic E-state index is 0.123. The first-order valence-corrected chi connectivity index (χ1v) is 7.20. The van der Waals surface area contributed by atoms with Crippen LogP contribution in [0.15, 0.2) is 24.3 Å². The Labute approximate surface area is 120 Å². The summed E-state index contributed by atoms with van der Waals surface area (Å²) < 4.78 is 5.66. The molecule has 0 aromatic heterocycles. The van der Waals surface area contributed by atoms with E-state index in [1.165, 1.54) is 0 Å². The molecule has 0 aliphatic heterocycles. The van der Waals surface area contributed by atoms with Crippen LogP contribution in [-0.2, 0) is 9.53 Å². The first kappa shape index (κ1) is 14.8. The Morgan fingerprint density at radius 2 is 1.90 bits per heavy atom. The SMILES string of the molecule is Cc1ccc(C(=O)OC(C)(C)[C@H]2CCCC(=O)C2)cc1. The van der Waals surface area contributed by atoms with Gasteiger partial charge in [-0.15, -0.1) is 0 Å². The minimum atomic E-state index is -0.599.